The van der Waals surface area contributed by atoms with Crippen LogP contribution in [0, 0.1) is 6.92 Å². The predicted octanol–water partition coefficient (Wildman–Crippen LogP) is 0.687. The number of rotatable bonds is 4. The first-order chi connectivity index (χ1) is 9.52. The van der Waals surface area contributed by atoms with Crippen molar-refractivity contribution in [1.29, 1.82) is 0 Å². The number of carbonyl (C=O) groups excluding carboxylic acids is 1. The van der Waals surface area contributed by atoms with Crippen LogP contribution in [-0.2, 0) is 13.5 Å². The van der Waals surface area contributed by atoms with Crippen LogP contribution in [0.25, 0.3) is 0 Å². The second kappa shape index (κ2) is 5.68. The van der Waals surface area contributed by atoms with Gasteiger partial charge in [0.05, 0.1) is 11.7 Å². The van der Waals surface area contributed by atoms with Gasteiger partial charge in [-0.25, -0.2) is 4.79 Å². The maximum absolute atomic E-state index is 12.0. The second-order valence-corrected chi connectivity index (χ2v) is 4.48. The molecule has 0 fully saturated rings. The normalized spacial score (nSPS) is 12.2. The molecule has 108 valence electrons. The Morgan fingerprint density at radius 1 is 1.50 bits per heavy atom. The summed E-state index contributed by atoms with van der Waals surface area (Å²) in [6.07, 6.45) is 0.801. The van der Waals surface area contributed by atoms with Gasteiger partial charge in [0, 0.05) is 12.6 Å². The van der Waals surface area contributed by atoms with Gasteiger partial charge < -0.3 is 5.32 Å². The summed E-state index contributed by atoms with van der Waals surface area (Å²) in [6.45, 7) is 5.72. The molecule has 9 nitrogen and oxygen atoms in total. The van der Waals surface area contributed by atoms with E-state index in [1.807, 2.05) is 13.8 Å². The molecule has 0 spiro atoms. The fraction of sp³-hybridized carbons (Fsp3) is 0.545. The minimum absolute atomic E-state index is 0.333. The third kappa shape index (κ3) is 2.76. The van der Waals surface area contributed by atoms with Gasteiger partial charge in [0.15, 0.2) is 5.82 Å². The van der Waals surface area contributed by atoms with Gasteiger partial charge in [0.1, 0.15) is 5.82 Å². The molecule has 0 aliphatic heterocycles. The molecule has 0 radical (unpaired) electrons. The zero-order valence-electron chi connectivity index (χ0n) is 11.9. The number of hydrogen-bond acceptors (Lipinski definition) is 5. The van der Waals surface area contributed by atoms with Crippen molar-refractivity contribution in [2.45, 2.75) is 33.2 Å². The van der Waals surface area contributed by atoms with Crippen LogP contribution in [0.3, 0.4) is 0 Å². The Kier molecular flexibility index (Phi) is 3.97. The van der Waals surface area contributed by atoms with Crippen molar-refractivity contribution in [1.82, 2.24) is 35.7 Å². The van der Waals surface area contributed by atoms with Gasteiger partial charge in [-0.1, -0.05) is 12.1 Å². The smallest absolute Gasteiger partial charge is 0.320 e. The van der Waals surface area contributed by atoms with Gasteiger partial charge in [-0.05, 0) is 20.3 Å². The van der Waals surface area contributed by atoms with E-state index in [1.165, 1.54) is 0 Å². The fourth-order valence-corrected chi connectivity index (χ4v) is 2.04. The van der Waals surface area contributed by atoms with E-state index in [9.17, 15) is 4.79 Å². The Hall–Kier alpha value is -2.45. The topological polar surface area (TPSA) is 113 Å². The molecule has 0 aliphatic carbocycles. The van der Waals surface area contributed by atoms with E-state index in [2.05, 4.69) is 36.4 Å². The zero-order chi connectivity index (χ0) is 14.7. The largest absolute Gasteiger partial charge is 0.328 e. The molecule has 2 heterocycles. The monoisotopic (exact) mass is 278 g/mol. The molecule has 2 aromatic heterocycles. The highest BCUT2D eigenvalue weighted by Gasteiger charge is 2.17. The van der Waals surface area contributed by atoms with Crippen LogP contribution in [0.4, 0.5) is 10.6 Å². The Balaban J connectivity index is 2.05. The Morgan fingerprint density at radius 3 is 2.85 bits per heavy atom. The molecule has 20 heavy (non-hydrogen) atoms. The van der Waals surface area contributed by atoms with E-state index in [1.54, 1.807) is 18.7 Å². The maximum atomic E-state index is 12.0. The van der Waals surface area contributed by atoms with E-state index in [-0.39, 0.29) is 12.1 Å². The number of aromatic amines is 1. The van der Waals surface area contributed by atoms with Crippen LogP contribution in [-0.4, -0.2) is 36.4 Å². The number of nitrogens with zero attached hydrogens (tertiary/aromatic N) is 5. The number of hydrogen-bond donors (Lipinski definition) is 3. The van der Waals surface area contributed by atoms with E-state index >= 15 is 0 Å². The molecule has 1 unspecified atom stereocenters. The molecule has 0 saturated heterocycles. The summed E-state index contributed by atoms with van der Waals surface area (Å²) >= 11 is 0. The summed E-state index contributed by atoms with van der Waals surface area (Å²) < 4.78 is 1.66. The number of aryl methyl sites for hydroxylation is 2. The van der Waals surface area contributed by atoms with Crippen molar-refractivity contribution < 1.29 is 4.79 Å². The summed E-state index contributed by atoms with van der Waals surface area (Å²) in [7, 11) is 1.80. The highest BCUT2D eigenvalue weighted by molar-refractivity contribution is 5.89. The average Bonchev–Trinajstić information content (AvgIpc) is 2.99. The molecule has 9 heteroatoms. The quantitative estimate of drug-likeness (QED) is 0.761. The molecule has 3 N–H and O–H groups in total. The minimum atomic E-state index is -0.340. The van der Waals surface area contributed by atoms with Crippen LogP contribution >= 0.6 is 0 Å². The minimum Gasteiger partial charge on any atom is -0.328 e. The molecule has 0 aliphatic rings. The first-order valence-electron chi connectivity index (χ1n) is 6.36. The van der Waals surface area contributed by atoms with Gasteiger partial charge in [-0.15, -0.1) is 10.2 Å². The number of nitrogens with one attached hydrogen (secondary N) is 3. The number of aromatic nitrogens is 6. The molecule has 2 rings (SSSR count). The number of anilines is 1. The van der Waals surface area contributed by atoms with Crippen molar-refractivity contribution in [2.24, 2.45) is 7.05 Å². The lowest BCUT2D eigenvalue weighted by Crippen LogP contribution is -2.32. The number of H-pyrrole nitrogens is 1. The van der Waals surface area contributed by atoms with Crippen molar-refractivity contribution in [3.05, 3.63) is 17.1 Å². The van der Waals surface area contributed by atoms with Gasteiger partial charge >= 0.3 is 6.03 Å². The zero-order valence-corrected chi connectivity index (χ0v) is 11.9. The van der Waals surface area contributed by atoms with Gasteiger partial charge in [0.25, 0.3) is 0 Å². The van der Waals surface area contributed by atoms with E-state index in [0.717, 1.165) is 17.7 Å². The highest BCUT2D eigenvalue weighted by atomic mass is 16.2. The lowest BCUT2D eigenvalue weighted by molar-refractivity contribution is 0.248. The summed E-state index contributed by atoms with van der Waals surface area (Å²) in [6, 6.07) is -0.673. The van der Waals surface area contributed by atoms with Crippen LogP contribution in [0.15, 0.2) is 0 Å². The second-order valence-electron chi connectivity index (χ2n) is 4.48. The van der Waals surface area contributed by atoms with Gasteiger partial charge in [-0.3, -0.25) is 10.00 Å². The molecule has 1 atom stereocenters. The Morgan fingerprint density at radius 2 is 2.25 bits per heavy atom. The van der Waals surface area contributed by atoms with E-state index < -0.39 is 0 Å². The Bertz CT molecular complexity index is 588. The number of urea groups is 1. The SMILES string of the molecule is CCc1c(C)nn(C)c1NC(=O)NC(C)c1nn[nH]n1. The van der Waals surface area contributed by atoms with Crippen LogP contribution < -0.4 is 10.6 Å². The molecule has 2 amide bonds. The summed E-state index contributed by atoms with van der Waals surface area (Å²) in [5.41, 5.74) is 1.94. The summed E-state index contributed by atoms with van der Waals surface area (Å²) in [4.78, 5) is 12.0. The van der Waals surface area contributed by atoms with Crippen LogP contribution in [0.1, 0.15) is 37.0 Å². The maximum Gasteiger partial charge on any atom is 0.320 e. The number of carbonyl (C=O) groups is 1. The lowest BCUT2D eigenvalue weighted by atomic mass is 10.2. The first kappa shape index (κ1) is 14.0. The van der Waals surface area contributed by atoms with Gasteiger partial charge in [-0.2, -0.15) is 10.3 Å². The molecule has 2 aromatic rings. The summed E-state index contributed by atoms with van der Waals surface area (Å²) in [5, 5.41) is 23.3. The lowest BCUT2D eigenvalue weighted by Gasteiger charge is -2.12. The van der Waals surface area contributed by atoms with Crippen LogP contribution in [0.2, 0.25) is 0 Å². The predicted molar refractivity (Wildman–Crippen MR) is 72.1 cm³/mol. The van der Waals surface area contributed by atoms with Crippen molar-refractivity contribution in [2.75, 3.05) is 5.32 Å². The average molecular weight is 278 g/mol. The molecule has 0 aromatic carbocycles. The summed E-state index contributed by atoms with van der Waals surface area (Å²) in [5.74, 6) is 1.12. The standard InChI is InChI=1S/C11H18N8O/c1-5-8-6(2)16-19(4)10(8)13-11(20)12-7(3)9-14-17-18-15-9/h7H,5H2,1-4H3,(H2,12,13,20)(H,14,15,17,18). The number of tetrazole rings is 1. The van der Waals surface area contributed by atoms with Crippen molar-refractivity contribution in [3.63, 3.8) is 0 Å². The molecular formula is C11H18N8O. The molecular weight excluding hydrogens is 260 g/mol. The third-order valence-corrected chi connectivity index (χ3v) is 3.03. The van der Waals surface area contributed by atoms with Crippen molar-refractivity contribution in [3.8, 4) is 0 Å². The van der Waals surface area contributed by atoms with E-state index in [4.69, 9.17) is 0 Å². The fourth-order valence-electron chi connectivity index (χ4n) is 2.04. The van der Waals surface area contributed by atoms with E-state index in [0.29, 0.717) is 11.6 Å². The van der Waals surface area contributed by atoms with Gasteiger partial charge in [0.2, 0.25) is 0 Å². The Labute approximate surface area is 116 Å². The number of amides is 2. The highest BCUT2D eigenvalue weighted by Crippen LogP contribution is 2.19. The van der Waals surface area contributed by atoms with Crippen molar-refractivity contribution >= 4 is 11.8 Å². The molecule has 0 saturated carbocycles. The van der Waals surface area contributed by atoms with Crippen LogP contribution in [0.5, 0.6) is 0 Å². The molecule has 0 bridgehead atoms. The first-order valence-corrected chi connectivity index (χ1v) is 6.36. The third-order valence-electron chi connectivity index (χ3n) is 3.03.